The molecule has 1 N–H and O–H groups in total. The lowest BCUT2D eigenvalue weighted by atomic mass is 10.1. The predicted octanol–water partition coefficient (Wildman–Crippen LogP) is 4.14. The Hall–Kier alpha value is -2.67. The van der Waals surface area contributed by atoms with Gasteiger partial charge >= 0.3 is 5.69 Å². The summed E-state index contributed by atoms with van der Waals surface area (Å²) in [6.07, 6.45) is 0. The molecule has 0 saturated heterocycles. The summed E-state index contributed by atoms with van der Waals surface area (Å²) in [5, 5.41) is 21.9. The van der Waals surface area contributed by atoms with Gasteiger partial charge in [-0.15, -0.1) is 0 Å². The van der Waals surface area contributed by atoms with Crippen molar-refractivity contribution in [2.75, 3.05) is 5.32 Å². The van der Waals surface area contributed by atoms with Crippen molar-refractivity contribution in [3.63, 3.8) is 0 Å². The fourth-order valence-electron chi connectivity index (χ4n) is 2.19. The Morgan fingerprint density at radius 3 is 2.64 bits per heavy atom. The Kier molecular flexibility index (Phi) is 3.42. The second-order valence-corrected chi connectivity index (χ2v) is 5.32. The molecule has 0 unspecified atom stereocenters. The number of hydrogen-bond donors (Lipinski definition) is 1. The highest BCUT2D eigenvalue weighted by Gasteiger charge is 2.25. The summed E-state index contributed by atoms with van der Waals surface area (Å²) >= 11 is 6.09. The summed E-state index contributed by atoms with van der Waals surface area (Å²) in [4.78, 5) is 10.9. The molecule has 8 heteroatoms. The Morgan fingerprint density at radius 1 is 1.18 bits per heavy atom. The van der Waals surface area contributed by atoms with Crippen molar-refractivity contribution in [1.82, 2.24) is 10.3 Å². The lowest BCUT2D eigenvalue weighted by molar-refractivity contribution is -0.382. The van der Waals surface area contributed by atoms with Gasteiger partial charge in [-0.2, -0.15) is 0 Å². The maximum absolute atomic E-state index is 11.4. The van der Waals surface area contributed by atoms with E-state index in [-0.39, 0.29) is 27.4 Å². The fraction of sp³-hybridized carbons (Fsp3) is 0.143. The van der Waals surface area contributed by atoms with Crippen LogP contribution in [0.1, 0.15) is 11.1 Å². The second-order valence-electron chi connectivity index (χ2n) is 4.92. The summed E-state index contributed by atoms with van der Waals surface area (Å²) < 4.78 is 4.57. The molecule has 22 heavy (non-hydrogen) atoms. The van der Waals surface area contributed by atoms with Crippen LogP contribution in [-0.2, 0) is 0 Å². The van der Waals surface area contributed by atoms with Gasteiger partial charge in [0.05, 0.1) is 9.95 Å². The fourth-order valence-corrected chi connectivity index (χ4v) is 2.42. The van der Waals surface area contributed by atoms with Gasteiger partial charge in [0.15, 0.2) is 5.52 Å². The van der Waals surface area contributed by atoms with Gasteiger partial charge in [0.1, 0.15) is 5.69 Å². The van der Waals surface area contributed by atoms with Crippen LogP contribution in [0.15, 0.2) is 28.9 Å². The molecule has 0 atom stereocenters. The molecule has 0 spiro atoms. The molecule has 3 aromatic rings. The topological polar surface area (TPSA) is 94.1 Å². The number of halogens is 1. The van der Waals surface area contributed by atoms with Crippen molar-refractivity contribution >= 4 is 39.7 Å². The molecule has 3 rings (SSSR count). The van der Waals surface area contributed by atoms with Gasteiger partial charge in [-0.3, -0.25) is 10.1 Å². The normalized spacial score (nSPS) is 10.9. The smallest absolute Gasteiger partial charge is 0.324 e. The average molecular weight is 319 g/mol. The minimum Gasteiger partial charge on any atom is -0.350 e. The molecule has 0 fully saturated rings. The number of nitro benzene ring substituents is 1. The van der Waals surface area contributed by atoms with Gasteiger partial charge in [0.25, 0.3) is 0 Å². The minimum absolute atomic E-state index is 0.0188. The van der Waals surface area contributed by atoms with Crippen LogP contribution < -0.4 is 5.32 Å². The van der Waals surface area contributed by atoms with E-state index < -0.39 is 4.92 Å². The third-order valence-electron chi connectivity index (χ3n) is 3.31. The Bertz CT molecular complexity index is 891. The minimum atomic E-state index is -0.531. The van der Waals surface area contributed by atoms with Gasteiger partial charge < -0.3 is 5.32 Å². The number of aryl methyl sites for hydroxylation is 2. The zero-order chi connectivity index (χ0) is 15.9. The highest BCUT2D eigenvalue weighted by atomic mass is 35.5. The first-order chi connectivity index (χ1) is 10.5. The van der Waals surface area contributed by atoms with E-state index in [2.05, 4.69) is 20.3 Å². The molecule has 0 aliphatic rings. The van der Waals surface area contributed by atoms with Crippen LogP contribution in [0.3, 0.4) is 0 Å². The molecule has 0 aliphatic carbocycles. The van der Waals surface area contributed by atoms with E-state index in [1.54, 1.807) is 0 Å². The predicted molar refractivity (Wildman–Crippen MR) is 82.7 cm³/mol. The molecule has 7 nitrogen and oxygen atoms in total. The van der Waals surface area contributed by atoms with Crippen LogP contribution in [0, 0.1) is 24.0 Å². The zero-order valence-corrected chi connectivity index (χ0v) is 12.5. The van der Waals surface area contributed by atoms with Crippen LogP contribution in [-0.4, -0.2) is 15.2 Å². The summed E-state index contributed by atoms with van der Waals surface area (Å²) in [6, 6.07) is 7.25. The van der Waals surface area contributed by atoms with Crippen LogP contribution in [0.25, 0.3) is 11.0 Å². The number of rotatable bonds is 3. The number of anilines is 2. The maximum Gasteiger partial charge on any atom is 0.324 e. The molecule has 0 saturated carbocycles. The van der Waals surface area contributed by atoms with Crippen molar-refractivity contribution in [3.05, 3.63) is 50.5 Å². The van der Waals surface area contributed by atoms with E-state index in [0.717, 1.165) is 16.8 Å². The SMILES string of the molecule is Cc1ccc(C)c(Nc2cc(Cl)c3nonc3c2[N+](=O)[O-])c1. The van der Waals surface area contributed by atoms with Crippen molar-refractivity contribution in [2.45, 2.75) is 13.8 Å². The zero-order valence-electron chi connectivity index (χ0n) is 11.8. The number of hydrogen-bond acceptors (Lipinski definition) is 6. The molecular weight excluding hydrogens is 308 g/mol. The Morgan fingerprint density at radius 2 is 1.91 bits per heavy atom. The van der Waals surface area contributed by atoms with Gasteiger partial charge in [-0.1, -0.05) is 23.7 Å². The number of benzene rings is 2. The van der Waals surface area contributed by atoms with Crippen molar-refractivity contribution in [1.29, 1.82) is 0 Å². The van der Waals surface area contributed by atoms with E-state index in [9.17, 15) is 10.1 Å². The summed E-state index contributed by atoms with van der Waals surface area (Å²) in [5.41, 5.74) is 2.95. The van der Waals surface area contributed by atoms with Crippen LogP contribution in [0.5, 0.6) is 0 Å². The van der Waals surface area contributed by atoms with Crippen LogP contribution >= 0.6 is 11.6 Å². The summed E-state index contributed by atoms with van der Waals surface area (Å²) in [7, 11) is 0. The van der Waals surface area contributed by atoms with Gasteiger partial charge in [-0.05, 0) is 47.4 Å². The average Bonchev–Trinajstić information content (AvgIpc) is 2.92. The molecule has 1 heterocycles. The first kappa shape index (κ1) is 14.3. The molecular formula is C14H11ClN4O3. The van der Waals surface area contributed by atoms with E-state index in [1.165, 1.54) is 6.07 Å². The molecule has 2 aromatic carbocycles. The number of aromatic nitrogens is 2. The molecule has 0 bridgehead atoms. The quantitative estimate of drug-likeness (QED) is 0.576. The Balaban J connectivity index is 2.19. The number of nitrogens with one attached hydrogen (secondary N) is 1. The third kappa shape index (κ3) is 2.35. The highest BCUT2D eigenvalue weighted by Crippen LogP contribution is 2.38. The standard InChI is InChI=1S/C14H11ClN4O3/c1-7-3-4-8(2)10(5-7)16-11-6-9(15)12-13(18-22-17-12)14(11)19(20)21/h3-6,16H,1-2H3. The van der Waals surface area contributed by atoms with E-state index in [0.29, 0.717) is 0 Å². The van der Waals surface area contributed by atoms with Crippen molar-refractivity contribution in [3.8, 4) is 0 Å². The first-order valence-electron chi connectivity index (χ1n) is 6.41. The number of nitro groups is 1. The monoisotopic (exact) mass is 318 g/mol. The summed E-state index contributed by atoms with van der Waals surface area (Å²) in [6.45, 7) is 3.85. The molecule has 1 aromatic heterocycles. The number of nitrogens with zero attached hydrogens (tertiary/aromatic N) is 3. The lowest BCUT2D eigenvalue weighted by Crippen LogP contribution is -2.00. The third-order valence-corrected chi connectivity index (χ3v) is 3.60. The second kappa shape index (κ2) is 5.27. The van der Waals surface area contributed by atoms with Crippen molar-refractivity contribution < 1.29 is 9.55 Å². The summed E-state index contributed by atoms with van der Waals surface area (Å²) in [5.74, 6) is 0. The van der Waals surface area contributed by atoms with E-state index >= 15 is 0 Å². The van der Waals surface area contributed by atoms with E-state index in [4.69, 9.17) is 11.6 Å². The molecule has 0 amide bonds. The first-order valence-corrected chi connectivity index (χ1v) is 6.78. The largest absolute Gasteiger partial charge is 0.350 e. The highest BCUT2D eigenvalue weighted by molar-refractivity contribution is 6.35. The van der Waals surface area contributed by atoms with Crippen molar-refractivity contribution in [2.24, 2.45) is 0 Å². The lowest BCUT2D eigenvalue weighted by Gasteiger charge is -2.11. The Labute approximate surface area is 130 Å². The molecule has 112 valence electrons. The van der Waals surface area contributed by atoms with Gasteiger partial charge in [-0.25, -0.2) is 4.63 Å². The maximum atomic E-state index is 11.4. The number of fused-ring (bicyclic) bond motifs is 1. The molecule has 0 radical (unpaired) electrons. The van der Waals surface area contributed by atoms with Crippen LogP contribution in [0.2, 0.25) is 5.02 Å². The van der Waals surface area contributed by atoms with E-state index in [1.807, 2.05) is 32.0 Å². The van der Waals surface area contributed by atoms with Gasteiger partial charge in [0, 0.05) is 5.69 Å². The van der Waals surface area contributed by atoms with Crippen LogP contribution in [0.4, 0.5) is 17.1 Å². The molecule has 0 aliphatic heterocycles. The van der Waals surface area contributed by atoms with Gasteiger partial charge in [0.2, 0.25) is 5.52 Å².